The maximum Gasteiger partial charge on any atom is 0.272 e. The monoisotopic (exact) mass is 363 g/mol. The van der Waals surface area contributed by atoms with E-state index >= 15 is 0 Å². The Morgan fingerprint density at radius 3 is 2.56 bits per heavy atom. The van der Waals surface area contributed by atoms with Gasteiger partial charge < -0.3 is 10.7 Å². The number of carbonyl (C=O) groups excluding carboxylic acids is 1. The minimum Gasteiger partial charge on any atom is -0.336 e. The second-order valence-corrected chi connectivity index (χ2v) is 7.15. The standard InChI is InChI=1S/C18H19ClFN3O2/c1-18(2)10-22(15(24)9-19)14-8-12(17(25)23(21)16(14)18)7-11-3-5-13(20)6-4-11/h3-6,8H,7,9-10,21H2,1-2H3. The second kappa shape index (κ2) is 6.19. The molecule has 7 heteroatoms. The summed E-state index contributed by atoms with van der Waals surface area (Å²) in [5, 5.41) is 0. The van der Waals surface area contributed by atoms with E-state index in [0.717, 1.165) is 10.2 Å². The molecule has 0 aliphatic carbocycles. The number of rotatable bonds is 3. The van der Waals surface area contributed by atoms with Crippen molar-refractivity contribution in [3.63, 3.8) is 0 Å². The number of hydrogen-bond acceptors (Lipinski definition) is 3. The molecule has 1 aliphatic rings. The number of aromatic nitrogens is 1. The zero-order valence-corrected chi connectivity index (χ0v) is 14.8. The third-order valence-corrected chi connectivity index (χ3v) is 4.73. The highest BCUT2D eigenvalue weighted by molar-refractivity contribution is 6.29. The molecule has 0 unspecified atom stereocenters. The van der Waals surface area contributed by atoms with Crippen LogP contribution in [0.15, 0.2) is 35.1 Å². The lowest BCUT2D eigenvalue weighted by Crippen LogP contribution is -2.37. The highest BCUT2D eigenvalue weighted by atomic mass is 35.5. The third-order valence-electron chi connectivity index (χ3n) is 4.50. The molecule has 0 bridgehead atoms. The maximum atomic E-state index is 13.1. The van der Waals surface area contributed by atoms with Crippen LogP contribution in [0.3, 0.4) is 0 Å². The van der Waals surface area contributed by atoms with Crippen molar-refractivity contribution in [3.05, 3.63) is 63.3 Å². The Morgan fingerprint density at radius 1 is 1.32 bits per heavy atom. The molecule has 132 valence electrons. The summed E-state index contributed by atoms with van der Waals surface area (Å²) in [4.78, 5) is 26.4. The summed E-state index contributed by atoms with van der Waals surface area (Å²) >= 11 is 5.72. The number of anilines is 1. The van der Waals surface area contributed by atoms with Crippen molar-refractivity contribution in [2.45, 2.75) is 25.7 Å². The van der Waals surface area contributed by atoms with Crippen LogP contribution in [0, 0.1) is 5.82 Å². The van der Waals surface area contributed by atoms with Crippen LogP contribution in [-0.2, 0) is 16.6 Å². The number of alkyl halides is 1. The molecule has 0 saturated carbocycles. The predicted molar refractivity (Wildman–Crippen MR) is 96.2 cm³/mol. The summed E-state index contributed by atoms with van der Waals surface area (Å²) < 4.78 is 14.2. The smallest absolute Gasteiger partial charge is 0.272 e. The Hall–Kier alpha value is -2.34. The summed E-state index contributed by atoms with van der Waals surface area (Å²) in [6.07, 6.45) is 0.299. The van der Waals surface area contributed by atoms with E-state index in [-0.39, 0.29) is 23.2 Å². The lowest BCUT2D eigenvalue weighted by Gasteiger charge is -2.20. The molecular formula is C18H19ClFN3O2. The van der Waals surface area contributed by atoms with Crippen molar-refractivity contribution in [2.75, 3.05) is 23.2 Å². The average Bonchev–Trinajstić information content (AvgIpc) is 2.84. The molecule has 0 fully saturated rings. The van der Waals surface area contributed by atoms with Crippen molar-refractivity contribution in [1.29, 1.82) is 0 Å². The predicted octanol–water partition coefficient (Wildman–Crippen LogP) is 2.16. The number of pyridine rings is 1. The minimum atomic E-state index is -0.459. The van der Waals surface area contributed by atoms with Crippen LogP contribution in [0.2, 0.25) is 0 Å². The lowest BCUT2D eigenvalue weighted by atomic mass is 9.90. The second-order valence-electron chi connectivity index (χ2n) is 6.88. The fourth-order valence-electron chi connectivity index (χ4n) is 3.35. The Kier molecular flexibility index (Phi) is 4.33. The van der Waals surface area contributed by atoms with Crippen LogP contribution < -0.4 is 16.3 Å². The van der Waals surface area contributed by atoms with E-state index in [1.165, 1.54) is 12.1 Å². The third kappa shape index (κ3) is 3.02. The molecule has 1 aliphatic heterocycles. The van der Waals surface area contributed by atoms with E-state index in [1.807, 2.05) is 13.8 Å². The van der Waals surface area contributed by atoms with E-state index in [2.05, 4.69) is 0 Å². The fourth-order valence-corrected chi connectivity index (χ4v) is 3.50. The van der Waals surface area contributed by atoms with Crippen LogP contribution in [0.5, 0.6) is 0 Å². The van der Waals surface area contributed by atoms with Crippen LogP contribution in [-0.4, -0.2) is 23.0 Å². The Morgan fingerprint density at radius 2 is 1.96 bits per heavy atom. The van der Waals surface area contributed by atoms with Gasteiger partial charge in [-0.25, -0.2) is 9.07 Å². The first-order valence-corrected chi connectivity index (χ1v) is 8.43. The van der Waals surface area contributed by atoms with Gasteiger partial charge in [0, 0.05) is 23.9 Å². The van der Waals surface area contributed by atoms with Crippen LogP contribution in [0.4, 0.5) is 10.1 Å². The quantitative estimate of drug-likeness (QED) is 0.671. The van der Waals surface area contributed by atoms with Crippen molar-refractivity contribution in [2.24, 2.45) is 0 Å². The number of nitrogen functional groups attached to an aromatic ring is 1. The van der Waals surface area contributed by atoms with Gasteiger partial charge in [-0.3, -0.25) is 9.59 Å². The number of amides is 1. The summed E-state index contributed by atoms with van der Waals surface area (Å²) in [6.45, 7) is 4.26. The molecule has 0 atom stereocenters. The SMILES string of the molecule is CC1(C)CN(C(=O)CCl)c2cc(Cc3ccc(F)cc3)c(=O)n(N)c21. The Bertz CT molecular complexity index is 890. The van der Waals surface area contributed by atoms with Gasteiger partial charge in [-0.1, -0.05) is 26.0 Å². The topological polar surface area (TPSA) is 68.3 Å². The van der Waals surface area contributed by atoms with Gasteiger partial charge >= 0.3 is 0 Å². The molecule has 1 amide bonds. The molecule has 1 aromatic carbocycles. The molecule has 2 heterocycles. The van der Waals surface area contributed by atoms with Crippen LogP contribution in [0.25, 0.3) is 0 Å². The molecule has 0 radical (unpaired) electrons. The summed E-state index contributed by atoms with van der Waals surface area (Å²) in [5.74, 6) is 5.34. The number of nitrogens with zero attached hydrogens (tertiary/aromatic N) is 2. The first kappa shape index (κ1) is 17.5. The van der Waals surface area contributed by atoms with E-state index in [9.17, 15) is 14.0 Å². The summed E-state index contributed by atoms with van der Waals surface area (Å²) in [6, 6.07) is 7.62. The number of halogens is 2. The lowest BCUT2D eigenvalue weighted by molar-refractivity contribution is -0.116. The van der Waals surface area contributed by atoms with Crippen molar-refractivity contribution >= 4 is 23.2 Å². The maximum absolute atomic E-state index is 13.1. The first-order chi connectivity index (χ1) is 11.7. The molecule has 0 spiro atoms. The van der Waals surface area contributed by atoms with Crippen LogP contribution >= 0.6 is 11.6 Å². The van der Waals surface area contributed by atoms with Crippen molar-refractivity contribution in [3.8, 4) is 0 Å². The zero-order chi connectivity index (χ0) is 18.4. The average molecular weight is 364 g/mol. The van der Waals surface area contributed by atoms with Crippen LogP contribution in [0.1, 0.15) is 30.7 Å². The largest absolute Gasteiger partial charge is 0.336 e. The van der Waals surface area contributed by atoms with Gasteiger partial charge in [0.15, 0.2) is 0 Å². The van der Waals surface area contributed by atoms with Crippen molar-refractivity contribution in [1.82, 2.24) is 4.68 Å². The first-order valence-electron chi connectivity index (χ1n) is 7.90. The van der Waals surface area contributed by atoms with E-state index < -0.39 is 5.41 Å². The van der Waals surface area contributed by atoms with Gasteiger partial charge in [-0.15, -0.1) is 11.6 Å². The highest BCUT2D eigenvalue weighted by Gasteiger charge is 2.41. The number of fused-ring (bicyclic) bond motifs is 1. The van der Waals surface area contributed by atoms with Gasteiger partial charge in [0.25, 0.3) is 5.56 Å². The Balaban J connectivity index is 2.11. The molecule has 2 aromatic rings. The summed E-state index contributed by atoms with van der Waals surface area (Å²) in [7, 11) is 0. The van der Waals surface area contributed by atoms with E-state index in [1.54, 1.807) is 23.1 Å². The van der Waals surface area contributed by atoms with Crippen molar-refractivity contribution < 1.29 is 9.18 Å². The van der Waals surface area contributed by atoms with Gasteiger partial charge in [0.1, 0.15) is 11.7 Å². The number of carbonyl (C=O) groups is 1. The molecule has 5 nitrogen and oxygen atoms in total. The highest BCUT2D eigenvalue weighted by Crippen LogP contribution is 2.39. The van der Waals surface area contributed by atoms with E-state index in [4.69, 9.17) is 17.4 Å². The zero-order valence-electron chi connectivity index (χ0n) is 14.1. The minimum absolute atomic E-state index is 0.146. The molecular weight excluding hydrogens is 345 g/mol. The molecule has 25 heavy (non-hydrogen) atoms. The Labute approximate surface area is 149 Å². The molecule has 3 rings (SSSR count). The molecule has 0 saturated heterocycles. The molecule has 1 aromatic heterocycles. The van der Waals surface area contributed by atoms with Gasteiger partial charge in [0.05, 0.1) is 11.4 Å². The number of hydrogen-bond donors (Lipinski definition) is 1. The fraction of sp³-hybridized carbons (Fsp3) is 0.333. The molecule has 2 N–H and O–H groups in total. The number of nitrogens with two attached hydrogens (primary N) is 1. The van der Waals surface area contributed by atoms with Gasteiger partial charge in [-0.05, 0) is 23.8 Å². The normalized spacial score (nSPS) is 15.3. The van der Waals surface area contributed by atoms with Gasteiger partial charge in [-0.2, -0.15) is 0 Å². The van der Waals surface area contributed by atoms with Gasteiger partial charge in [0.2, 0.25) is 5.91 Å². The number of benzene rings is 1. The van der Waals surface area contributed by atoms with E-state index in [0.29, 0.717) is 29.9 Å². The summed E-state index contributed by atoms with van der Waals surface area (Å²) in [5.41, 5.74) is 1.66.